The van der Waals surface area contributed by atoms with Crippen LogP contribution in [-0.4, -0.2) is 10.7 Å². The maximum absolute atomic E-state index is 9.30. The molecule has 0 unspecified atom stereocenters. The molecule has 0 aromatic carbocycles. The fourth-order valence-corrected chi connectivity index (χ4v) is 1.11. The molecular weight excluding hydrogens is 100 g/mol. The Morgan fingerprint density at radius 1 is 1.50 bits per heavy atom. The van der Waals surface area contributed by atoms with Crippen LogP contribution in [0.1, 0.15) is 33.1 Å². The van der Waals surface area contributed by atoms with Crippen molar-refractivity contribution >= 4 is 0 Å². The van der Waals surface area contributed by atoms with E-state index in [-0.39, 0.29) is 5.60 Å². The summed E-state index contributed by atoms with van der Waals surface area (Å²) in [5, 5.41) is 9.30. The molecule has 8 heavy (non-hydrogen) atoms. The van der Waals surface area contributed by atoms with Crippen molar-refractivity contribution in [2.24, 2.45) is 5.92 Å². The number of aliphatic hydroxyl groups is 1. The van der Waals surface area contributed by atoms with Gasteiger partial charge in [-0.05, 0) is 25.2 Å². The lowest BCUT2D eigenvalue weighted by molar-refractivity contribution is 0.124. The van der Waals surface area contributed by atoms with Crippen molar-refractivity contribution in [2.75, 3.05) is 0 Å². The fourth-order valence-electron chi connectivity index (χ4n) is 1.11. The van der Waals surface area contributed by atoms with Gasteiger partial charge in [0, 0.05) is 0 Å². The van der Waals surface area contributed by atoms with Gasteiger partial charge >= 0.3 is 0 Å². The maximum Gasteiger partial charge on any atom is 0.0652 e. The van der Waals surface area contributed by atoms with E-state index in [4.69, 9.17) is 0 Å². The lowest BCUT2D eigenvalue weighted by Crippen LogP contribution is -2.09. The van der Waals surface area contributed by atoms with E-state index in [1.165, 1.54) is 0 Å². The van der Waals surface area contributed by atoms with Crippen molar-refractivity contribution in [3.63, 3.8) is 0 Å². The van der Waals surface area contributed by atoms with Crippen LogP contribution in [0.2, 0.25) is 0 Å². The second-order valence-corrected chi connectivity index (χ2v) is 3.32. The minimum atomic E-state index is -0.228. The molecule has 1 aliphatic rings. The first kappa shape index (κ1) is 6.09. The van der Waals surface area contributed by atoms with Gasteiger partial charge in [0.1, 0.15) is 0 Å². The zero-order valence-electron chi connectivity index (χ0n) is 5.65. The van der Waals surface area contributed by atoms with E-state index in [0.717, 1.165) is 19.3 Å². The summed E-state index contributed by atoms with van der Waals surface area (Å²) in [5.41, 5.74) is -0.228. The summed E-state index contributed by atoms with van der Waals surface area (Å²) in [6.07, 6.45) is 3.06. The smallest absolute Gasteiger partial charge is 0.0652 e. The standard InChI is InChI=1S/C7H14O/c1-6(2)5-7(8)3-4-7/h6,8H,3-5H2,1-2H3. The molecule has 1 fully saturated rings. The molecule has 48 valence electrons. The van der Waals surface area contributed by atoms with Crippen molar-refractivity contribution in [1.29, 1.82) is 0 Å². The van der Waals surface area contributed by atoms with Crippen LogP contribution >= 0.6 is 0 Å². The van der Waals surface area contributed by atoms with E-state index < -0.39 is 0 Å². The van der Waals surface area contributed by atoms with E-state index in [1.54, 1.807) is 0 Å². The molecule has 1 N–H and O–H groups in total. The Bertz CT molecular complexity index is 82.4. The van der Waals surface area contributed by atoms with Crippen molar-refractivity contribution in [1.82, 2.24) is 0 Å². The fraction of sp³-hybridized carbons (Fsp3) is 1.00. The summed E-state index contributed by atoms with van der Waals surface area (Å²) in [4.78, 5) is 0. The van der Waals surface area contributed by atoms with Gasteiger partial charge in [-0.25, -0.2) is 0 Å². The molecule has 1 nitrogen and oxygen atoms in total. The Morgan fingerprint density at radius 2 is 2.00 bits per heavy atom. The Kier molecular flexibility index (Phi) is 1.31. The van der Waals surface area contributed by atoms with Crippen LogP contribution in [0.25, 0.3) is 0 Å². The Balaban J connectivity index is 2.19. The highest BCUT2D eigenvalue weighted by molar-refractivity contribution is 4.93. The van der Waals surface area contributed by atoms with Crippen molar-refractivity contribution in [3.8, 4) is 0 Å². The van der Waals surface area contributed by atoms with Crippen LogP contribution < -0.4 is 0 Å². The lowest BCUT2D eigenvalue weighted by Gasteiger charge is -2.08. The molecule has 0 atom stereocenters. The average molecular weight is 114 g/mol. The second kappa shape index (κ2) is 1.73. The summed E-state index contributed by atoms with van der Waals surface area (Å²) >= 11 is 0. The summed E-state index contributed by atoms with van der Waals surface area (Å²) in [7, 11) is 0. The number of hydrogen-bond donors (Lipinski definition) is 1. The van der Waals surface area contributed by atoms with Gasteiger partial charge in [0.25, 0.3) is 0 Å². The van der Waals surface area contributed by atoms with Crippen LogP contribution in [-0.2, 0) is 0 Å². The zero-order valence-corrected chi connectivity index (χ0v) is 5.65. The van der Waals surface area contributed by atoms with E-state index in [9.17, 15) is 5.11 Å². The Labute approximate surface area is 50.7 Å². The average Bonchev–Trinajstić information content (AvgIpc) is 2.17. The second-order valence-electron chi connectivity index (χ2n) is 3.32. The Hall–Kier alpha value is -0.0400. The molecule has 0 spiro atoms. The first-order valence-corrected chi connectivity index (χ1v) is 3.35. The highest BCUT2D eigenvalue weighted by Gasteiger charge is 2.40. The van der Waals surface area contributed by atoms with E-state index in [2.05, 4.69) is 13.8 Å². The summed E-state index contributed by atoms with van der Waals surface area (Å²) in [5.74, 6) is 0.655. The van der Waals surface area contributed by atoms with Gasteiger partial charge in [-0.2, -0.15) is 0 Å². The zero-order chi connectivity index (χ0) is 6.20. The third-order valence-corrected chi connectivity index (χ3v) is 1.62. The van der Waals surface area contributed by atoms with Gasteiger partial charge in [-0.3, -0.25) is 0 Å². The predicted molar refractivity (Wildman–Crippen MR) is 33.6 cm³/mol. The third-order valence-electron chi connectivity index (χ3n) is 1.62. The van der Waals surface area contributed by atoms with Crippen molar-refractivity contribution < 1.29 is 5.11 Å². The molecule has 0 saturated heterocycles. The Morgan fingerprint density at radius 3 is 2.12 bits per heavy atom. The minimum Gasteiger partial charge on any atom is -0.390 e. The van der Waals surface area contributed by atoms with Crippen LogP contribution in [0.5, 0.6) is 0 Å². The summed E-state index contributed by atoms with van der Waals surface area (Å²) in [6, 6.07) is 0. The monoisotopic (exact) mass is 114 g/mol. The van der Waals surface area contributed by atoms with E-state index >= 15 is 0 Å². The normalized spacial score (nSPS) is 24.0. The first-order chi connectivity index (χ1) is 3.62. The summed E-state index contributed by atoms with van der Waals surface area (Å²) in [6.45, 7) is 4.30. The molecule has 0 bridgehead atoms. The van der Waals surface area contributed by atoms with E-state index in [0.29, 0.717) is 5.92 Å². The molecule has 1 rings (SSSR count). The quantitative estimate of drug-likeness (QED) is 0.577. The molecule has 0 amide bonds. The molecule has 0 aromatic heterocycles. The maximum atomic E-state index is 9.30. The van der Waals surface area contributed by atoms with Crippen molar-refractivity contribution in [2.45, 2.75) is 38.7 Å². The topological polar surface area (TPSA) is 20.2 Å². The molecule has 1 heteroatoms. The molecule has 1 saturated carbocycles. The van der Waals surface area contributed by atoms with Gasteiger partial charge < -0.3 is 5.11 Å². The van der Waals surface area contributed by atoms with Crippen LogP contribution in [0.4, 0.5) is 0 Å². The molecule has 0 radical (unpaired) electrons. The molecule has 0 aliphatic heterocycles. The highest BCUT2D eigenvalue weighted by atomic mass is 16.3. The van der Waals surface area contributed by atoms with Gasteiger partial charge in [0.2, 0.25) is 0 Å². The molecule has 0 aromatic rings. The highest BCUT2D eigenvalue weighted by Crippen LogP contribution is 2.40. The SMILES string of the molecule is CC(C)CC1(O)CC1. The third kappa shape index (κ3) is 1.48. The molecule has 1 aliphatic carbocycles. The van der Waals surface area contributed by atoms with Crippen LogP contribution in [0.3, 0.4) is 0 Å². The van der Waals surface area contributed by atoms with Gasteiger partial charge in [-0.1, -0.05) is 13.8 Å². The molecule has 0 heterocycles. The van der Waals surface area contributed by atoms with Gasteiger partial charge in [-0.15, -0.1) is 0 Å². The molecular formula is C7H14O. The lowest BCUT2D eigenvalue weighted by atomic mass is 10.1. The van der Waals surface area contributed by atoms with Crippen LogP contribution in [0, 0.1) is 5.92 Å². The van der Waals surface area contributed by atoms with E-state index in [1.807, 2.05) is 0 Å². The number of rotatable bonds is 2. The van der Waals surface area contributed by atoms with Gasteiger partial charge in [0.05, 0.1) is 5.60 Å². The largest absolute Gasteiger partial charge is 0.390 e. The minimum absolute atomic E-state index is 0.228. The van der Waals surface area contributed by atoms with Gasteiger partial charge in [0.15, 0.2) is 0 Å². The predicted octanol–water partition coefficient (Wildman–Crippen LogP) is 1.56. The summed E-state index contributed by atoms with van der Waals surface area (Å²) < 4.78 is 0. The van der Waals surface area contributed by atoms with Crippen molar-refractivity contribution in [3.05, 3.63) is 0 Å². The van der Waals surface area contributed by atoms with Crippen LogP contribution in [0.15, 0.2) is 0 Å². The first-order valence-electron chi connectivity index (χ1n) is 3.35. The number of hydrogen-bond acceptors (Lipinski definition) is 1.